The van der Waals surface area contributed by atoms with E-state index in [4.69, 9.17) is 19.7 Å². The van der Waals surface area contributed by atoms with Crippen LogP contribution in [0.4, 0.5) is 10.1 Å². The molecule has 4 aromatic rings. The number of fused-ring (bicyclic) bond motifs is 1. The molecule has 2 aliphatic rings. The van der Waals surface area contributed by atoms with Gasteiger partial charge in [0, 0.05) is 50.1 Å². The number of aromatic carboxylic acids is 1. The number of piperazine rings is 1. The summed E-state index contributed by atoms with van der Waals surface area (Å²) < 4.78 is 27.8. The fourth-order valence-electron chi connectivity index (χ4n) is 5.14. The fourth-order valence-corrected chi connectivity index (χ4v) is 5.14. The summed E-state index contributed by atoms with van der Waals surface area (Å²) in [6.07, 6.45) is 1.04. The van der Waals surface area contributed by atoms with Gasteiger partial charge >= 0.3 is 5.97 Å². The Kier molecular flexibility index (Phi) is 7.50. The Hall–Kier alpha value is -4.53. The zero-order valence-electron chi connectivity index (χ0n) is 22.4. The average Bonchev–Trinajstić information content (AvgIpc) is 3.30. The second-order valence-corrected chi connectivity index (χ2v) is 10.2. The summed E-state index contributed by atoms with van der Waals surface area (Å²) in [5, 5.41) is 18.4. The lowest BCUT2D eigenvalue weighted by molar-refractivity contribution is -0.0592. The van der Waals surface area contributed by atoms with Gasteiger partial charge in [0.05, 0.1) is 30.8 Å². The molecule has 0 unspecified atom stereocenters. The van der Waals surface area contributed by atoms with Crippen LogP contribution in [0.2, 0.25) is 0 Å². The number of imidazole rings is 1. The number of pyridine rings is 1. The summed E-state index contributed by atoms with van der Waals surface area (Å²) in [5.74, 6) is -0.0189. The van der Waals surface area contributed by atoms with Crippen molar-refractivity contribution in [3.63, 3.8) is 0 Å². The van der Waals surface area contributed by atoms with Gasteiger partial charge in [0.15, 0.2) is 11.3 Å². The molecule has 4 heterocycles. The first-order valence-electron chi connectivity index (χ1n) is 13.6. The van der Waals surface area contributed by atoms with Gasteiger partial charge in [-0.1, -0.05) is 12.1 Å². The molecule has 6 rings (SSSR count). The molecule has 2 fully saturated rings. The van der Waals surface area contributed by atoms with Gasteiger partial charge < -0.3 is 24.0 Å². The predicted molar refractivity (Wildman–Crippen MR) is 148 cm³/mol. The highest BCUT2D eigenvalue weighted by molar-refractivity contribution is 5.88. The van der Waals surface area contributed by atoms with E-state index in [2.05, 4.69) is 14.8 Å². The van der Waals surface area contributed by atoms with E-state index >= 15 is 0 Å². The van der Waals surface area contributed by atoms with Crippen molar-refractivity contribution in [2.45, 2.75) is 32.2 Å². The van der Waals surface area contributed by atoms with Crippen molar-refractivity contribution < 1.29 is 23.8 Å². The average molecular weight is 557 g/mol. The van der Waals surface area contributed by atoms with E-state index in [0.717, 1.165) is 50.7 Å². The van der Waals surface area contributed by atoms with E-state index in [9.17, 15) is 14.3 Å². The van der Waals surface area contributed by atoms with Gasteiger partial charge in [-0.25, -0.2) is 19.2 Å². The van der Waals surface area contributed by atoms with Crippen LogP contribution in [0.25, 0.3) is 11.2 Å². The molecule has 210 valence electrons. The van der Waals surface area contributed by atoms with Crippen molar-refractivity contribution in [2.75, 3.05) is 37.7 Å². The number of carboxylic acids is 1. The molecule has 2 aromatic carbocycles. The summed E-state index contributed by atoms with van der Waals surface area (Å²) >= 11 is 0. The van der Waals surface area contributed by atoms with Crippen LogP contribution >= 0.6 is 0 Å². The van der Waals surface area contributed by atoms with Crippen LogP contribution in [-0.2, 0) is 24.4 Å². The Morgan fingerprint density at radius 1 is 1.12 bits per heavy atom. The third kappa shape index (κ3) is 5.84. The van der Waals surface area contributed by atoms with Crippen molar-refractivity contribution in [1.82, 2.24) is 19.4 Å². The summed E-state index contributed by atoms with van der Waals surface area (Å²) in [5.41, 5.74) is 2.96. The first-order chi connectivity index (χ1) is 20.0. The van der Waals surface area contributed by atoms with E-state index in [1.807, 2.05) is 34.9 Å². The first kappa shape index (κ1) is 26.7. The van der Waals surface area contributed by atoms with Crippen LogP contribution in [0, 0.1) is 17.1 Å². The minimum Gasteiger partial charge on any atom is -0.489 e. The zero-order chi connectivity index (χ0) is 28.3. The Labute approximate surface area is 236 Å². The molecule has 41 heavy (non-hydrogen) atoms. The Bertz CT molecular complexity index is 1620. The minimum atomic E-state index is -1.06. The van der Waals surface area contributed by atoms with Crippen LogP contribution in [-0.4, -0.2) is 69.4 Å². The molecule has 0 spiro atoms. The molecule has 1 atom stereocenters. The second-order valence-electron chi connectivity index (χ2n) is 10.2. The summed E-state index contributed by atoms with van der Waals surface area (Å²) in [6, 6.07) is 17.3. The number of ether oxygens (including phenoxy) is 2. The maximum Gasteiger partial charge on any atom is 0.354 e. The Morgan fingerprint density at radius 3 is 2.66 bits per heavy atom. The quantitative estimate of drug-likeness (QED) is 0.328. The normalized spacial score (nSPS) is 17.3. The topological polar surface area (TPSA) is 117 Å². The van der Waals surface area contributed by atoms with E-state index < -0.39 is 11.8 Å². The lowest BCUT2D eigenvalue weighted by Crippen LogP contribution is -2.46. The molecule has 10 nitrogen and oxygen atoms in total. The summed E-state index contributed by atoms with van der Waals surface area (Å²) in [7, 11) is 0. The fraction of sp³-hybridized carbons (Fsp3) is 0.333. The van der Waals surface area contributed by atoms with E-state index in [1.165, 1.54) is 12.1 Å². The molecule has 2 aliphatic heterocycles. The standard InChI is InChI=1S/C30H29FN6O4/c31-25-14-20(16-32)4-5-21(25)19-41-23-3-1-2-22(15-23)36-11-9-35(10-12-36)18-28-33-26-6-7-27(30(38)39)34-29(26)37(28)17-24-8-13-40-24/h1-7,14-15,24H,8-13,17-19H2,(H,38,39)/t24-/m0/s1. The molecule has 0 amide bonds. The van der Waals surface area contributed by atoms with Crippen LogP contribution in [0.3, 0.4) is 0 Å². The third-order valence-electron chi connectivity index (χ3n) is 7.57. The van der Waals surface area contributed by atoms with E-state index in [0.29, 0.717) is 35.6 Å². The SMILES string of the molecule is N#Cc1ccc(COc2cccc(N3CCN(Cc4nc5ccc(C(=O)O)nc5n4C[C@@H]4CCO4)CC3)c2)c(F)c1. The second kappa shape index (κ2) is 11.5. The van der Waals surface area contributed by atoms with Gasteiger partial charge in [-0.05, 0) is 42.8 Å². The van der Waals surface area contributed by atoms with Gasteiger partial charge in [-0.3, -0.25) is 4.90 Å². The minimum absolute atomic E-state index is 0.00147. The molecular formula is C30H29FN6O4. The maximum atomic E-state index is 14.2. The number of aromatic nitrogens is 3. The van der Waals surface area contributed by atoms with Gasteiger partial charge in [0.1, 0.15) is 29.5 Å². The lowest BCUT2D eigenvalue weighted by Gasteiger charge is -2.36. The zero-order valence-corrected chi connectivity index (χ0v) is 22.4. The number of anilines is 1. The van der Waals surface area contributed by atoms with Gasteiger partial charge in [0.2, 0.25) is 0 Å². The van der Waals surface area contributed by atoms with Crippen molar-refractivity contribution >= 4 is 22.8 Å². The van der Waals surface area contributed by atoms with Gasteiger partial charge in [0.25, 0.3) is 0 Å². The van der Waals surface area contributed by atoms with Gasteiger partial charge in [-0.15, -0.1) is 0 Å². The number of halogens is 1. The number of carboxylic acid groups (broad SMARTS) is 1. The predicted octanol–water partition coefficient (Wildman–Crippen LogP) is 3.83. The molecule has 0 aliphatic carbocycles. The van der Waals surface area contributed by atoms with Crippen LogP contribution in [0.1, 0.15) is 33.9 Å². The number of hydrogen-bond donors (Lipinski definition) is 1. The number of benzene rings is 2. The smallest absolute Gasteiger partial charge is 0.354 e. The largest absolute Gasteiger partial charge is 0.489 e. The Morgan fingerprint density at radius 2 is 1.95 bits per heavy atom. The molecule has 0 radical (unpaired) electrons. The van der Waals surface area contributed by atoms with Crippen molar-refractivity contribution in [2.24, 2.45) is 0 Å². The molecular weight excluding hydrogens is 527 g/mol. The molecule has 0 saturated carbocycles. The van der Waals surface area contributed by atoms with Gasteiger partial charge in [-0.2, -0.15) is 5.26 Å². The molecule has 0 bridgehead atoms. The molecule has 2 aromatic heterocycles. The molecule has 2 saturated heterocycles. The summed E-state index contributed by atoms with van der Waals surface area (Å²) in [6.45, 7) is 5.28. The highest BCUT2D eigenvalue weighted by Gasteiger charge is 2.25. The lowest BCUT2D eigenvalue weighted by atomic mass is 10.1. The van der Waals surface area contributed by atoms with E-state index in [-0.39, 0.29) is 24.0 Å². The van der Waals surface area contributed by atoms with Crippen LogP contribution in [0.15, 0.2) is 54.6 Å². The summed E-state index contributed by atoms with van der Waals surface area (Å²) in [4.78, 5) is 25.3. The van der Waals surface area contributed by atoms with E-state index in [1.54, 1.807) is 18.2 Å². The maximum absolute atomic E-state index is 14.2. The highest BCUT2D eigenvalue weighted by atomic mass is 19.1. The number of rotatable bonds is 9. The Balaban J connectivity index is 1.10. The third-order valence-corrected chi connectivity index (χ3v) is 7.57. The number of hydrogen-bond acceptors (Lipinski definition) is 8. The van der Waals surface area contributed by atoms with Crippen LogP contribution in [0.5, 0.6) is 5.75 Å². The number of carbonyl (C=O) groups is 1. The monoisotopic (exact) mass is 556 g/mol. The number of nitriles is 1. The number of nitrogens with zero attached hydrogens (tertiary/aromatic N) is 6. The van der Waals surface area contributed by atoms with Crippen molar-refractivity contribution in [3.05, 3.63) is 83.1 Å². The van der Waals surface area contributed by atoms with Crippen molar-refractivity contribution in [1.29, 1.82) is 5.26 Å². The highest BCUT2D eigenvalue weighted by Crippen LogP contribution is 2.25. The molecule has 1 N–H and O–H groups in total. The molecule has 11 heteroatoms. The van der Waals surface area contributed by atoms with Crippen LogP contribution < -0.4 is 9.64 Å². The first-order valence-corrected chi connectivity index (χ1v) is 13.6. The van der Waals surface area contributed by atoms with Crippen molar-refractivity contribution in [3.8, 4) is 11.8 Å².